The normalized spacial score (nSPS) is 11.4. The van der Waals surface area contributed by atoms with Gasteiger partial charge in [-0.1, -0.05) is 61.6 Å². The number of hydrogen-bond donors (Lipinski definition) is 2. The Labute approximate surface area is 149 Å². The summed E-state index contributed by atoms with van der Waals surface area (Å²) in [6, 6.07) is 14.7. The fourth-order valence-corrected chi connectivity index (χ4v) is 3.38. The first-order chi connectivity index (χ1) is 12.2. The summed E-state index contributed by atoms with van der Waals surface area (Å²) in [5, 5.41) is 2.42. The summed E-state index contributed by atoms with van der Waals surface area (Å²) >= 11 is 5.29. The number of nitrogens with zero attached hydrogens (tertiary/aromatic N) is 2. The van der Waals surface area contributed by atoms with Crippen LogP contribution in [0.2, 0.25) is 0 Å². The first-order valence-corrected chi connectivity index (χ1v) is 8.76. The van der Waals surface area contributed by atoms with Crippen molar-refractivity contribution in [3.63, 3.8) is 0 Å². The second-order valence-corrected chi connectivity index (χ2v) is 6.56. The first kappa shape index (κ1) is 15.8. The van der Waals surface area contributed by atoms with Crippen LogP contribution in [0.4, 0.5) is 0 Å². The van der Waals surface area contributed by atoms with Gasteiger partial charge in [0.1, 0.15) is 16.0 Å². The van der Waals surface area contributed by atoms with Crippen LogP contribution in [0, 0.1) is 4.64 Å². The smallest absolute Gasteiger partial charge is 0.328 e. The fourth-order valence-electron chi connectivity index (χ4n) is 3.15. The van der Waals surface area contributed by atoms with Gasteiger partial charge in [-0.2, -0.15) is 0 Å². The molecular formula is C19H18N4OS. The largest absolute Gasteiger partial charge is 0.338 e. The zero-order valence-electron chi connectivity index (χ0n) is 13.9. The highest BCUT2D eigenvalue weighted by molar-refractivity contribution is 7.71. The molecule has 0 unspecified atom stereocenters. The predicted octanol–water partition coefficient (Wildman–Crippen LogP) is 3.94. The molecule has 2 heterocycles. The van der Waals surface area contributed by atoms with E-state index in [1.54, 1.807) is 4.57 Å². The summed E-state index contributed by atoms with van der Waals surface area (Å²) in [6.07, 6.45) is 1.51. The molecule has 2 aromatic heterocycles. The van der Waals surface area contributed by atoms with E-state index in [1.165, 1.54) is 10.8 Å². The van der Waals surface area contributed by atoms with Gasteiger partial charge in [-0.3, -0.25) is 9.55 Å². The first-order valence-electron chi connectivity index (χ1n) is 8.35. The Hall–Kier alpha value is -2.73. The standard InChI is InChI=1S/C19H18N4OS/c1-2-9-23-17-16(18(25)22-19(23)24)20-15(21-17)11-12-7-8-13-5-3-4-6-14(13)10-12/h3-8,10H,2,9,11H2,1H3,(H,20,21)(H,22,24,25). The van der Waals surface area contributed by atoms with Crippen molar-refractivity contribution >= 4 is 34.2 Å². The molecule has 4 aromatic rings. The maximum absolute atomic E-state index is 12.1. The van der Waals surface area contributed by atoms with Gasteiger partial charge in [0.05, 0.1) is 0 Å². The molecule has 6 heteroatoms. The number of aryl methyl sites for hydroxylation is 1. The lowest BCUT2D eigenvalue weighted by Gasteiger charge is -2.03. The third kappa shape index (κ3) is 2.89. The van der Waals surface area contributed by atoms with E-state index < -0.39 is 0 Å². The summed E-state index contributed by atoms with van der Waals surface area (Å²) in [7, 11) is 0. The van der Waals surface area contributed by atoms with Crippen molar-refractivity contribution in [2.75, 3.05) is 0 Å². The summed E-state index contributed by atoms with van der Waals surface area (Å²) < 4.78 is 2.05. The molecule has 0 aliphatic heterocycles. The third-order valence-electron chi connectivity index (χ3n) is 4.31. The molecule has 25 heavy (non-hydrogen) atoms. The van der Waals surface area contributed by atoms with Crippen LogP contribution >= 0.6 is 12.2 Å². The van der Waals surface area contributed by atoms with Crippen LogP contribution in [-0.2, 0) is 13.0 Å². The van der Waals surface area contributed by atoms with Crippen molar-refractivity contribution < 1.29 is 0 Å². The van der Waals surface area contributed by atoms with Crippen LogP contribution in [0.5, 0.6) is 0 Å². The van der Waals surface area contributed by atoms with Crippen molar-refractivity contribution in [3.8, 4) is 0 Å². The average molecular weight is 350 g/mol. The number of hydrogen-bond acceptors (Lipinski definition) is 3. The van der Waals surface area contributed by atoms with E-state index in [0.29, 0.717) is 23.3 Å². The topological polar surface area (TPSA) is 66.5 Å². The van der Waals surface area contributed by atoms with Gasteiger partial charge in [0.15, 0.2) is 5.65 Å². The number of H-pyrrole nitrogens is 2. The molecule has 0 saturated heterocycles. The molecule has 2 aromatic carbocycles. The van der Waals surface area contributed by atoms with Crippen LogP contribution in [0.15, 0.2) is 47.3 Å². The fraction of sp³-hybridized carbons (Fsp3) is 0.211. The summed E-state index contributed by atoms with van der Waals surface area (Å²) in [4.78, 5) is 22.8. The molecule has 0 saturated carbocycles. The molecule has 0 aliphatic rings. The van der Waals surface area contributed by atoms with Crippen LogP contribution in [0.3, 0.4) is 0 Å². The molecule has 0 aliphatic carbocycles. The molecule has 0 spiro atoms. The second-order valence-electron chi connectivity index (χ2n) is 6.15. The number of benzene rings is 2. The average Bonchev–Trinajstić information content (AvgIpc) is 3.02. The predicted molar refractivity (Wildman–Crippen MR) is 103 cm³/mol. The Balaban J connectivity index is 1.78. The molecule has 0 atom stereocenters. The van der Waals surface area contributed by atoms with E-state index in [2.05, 4.69) is 45.3 Å². The highest BCUT2D eigenvalue weighted by Crippen LogP contribution is 2.18. The van der Waals surface area contributed by atoms with Gasteiger partial charge in [0.2, 0.25) is 0 Å². The lowest BCUT2D eigenvalue weighted by molar-refractivity contribution is 0.654. The minimum absolute atomic E-state index is 0.205. The zero-order valence-corrected chi connectivity index (χ0v) is 14.7. The zero-order chi connectivity index (χ0) is 17.4. The highest BCUT2D eigenvalue weighted by atomic mass is 32.1. The lowest BCUT2D eigenvalue weighted by atomic mass is 10.1. The second kappa shape index (κ2) is 6.29. The Morgan fingerprint density at radius 2 is 1.92 bits per heavy atom. The summed E-state index contributed by atoms with van der Waals surface area (Å²) in [5.74, 6) is 0.806. The number of aromatic nitrogens is 4. The van der Waals surface area contributed by atoms with E-state index in [9.17, 15) is 4.79 Å². The molecule has 2 N–H and O–H groups in total. The van der Waals surface area contributed by atoms with Crippen molar-refractivity contribution in [1.82, 2.24) is 19.5 Å². The minimum atomic E-state index is -0.205. The SMILES string of the molecule is CCCn1c(=O)[nH]c(=S)c2[nH]c(Cc3ccc4ccccc4c3)nc21. The van der Waals surface area contributed by atoms with E-state index in [4.69, 9.17) is 12.2 Å². The highest BCUT2D eigenvalue weighted by Gasteiger charge is 2.11. The maximum atomic E-state index is 12.1. The quantitative estimate of drug-likeness (QED) is 0.548. The number of aromatic amines is 2. The van der Waals surface area contributed by atoms with E-state index in [1.807, 2.05) is 19.1 Å². The number of rotatable bonds is 4. The molecular weight excluding hydrogens is 332 g/mol. The molecule has 126 valence electrons. The van der Waals surface area contributed by atoms with Gasteiger partial charge in [0, 0.05) is 13.0 Å². The monoisotopic (exact) mass is 350 g/mol. The van der Waals surface area contributed by atoms with Gasteiger partial charge in [0.25, 0.3) is 0 Å². The van der Waals surface area contributed by atoms with E-state index >= 15 is 0 Å². The van der Waals surface area contributed by atoms with Crippen LogP contribution in [0.25, 0.3) is 21.9 Å². The number of nitrogens with one attached hydrogen (secondary N) is 2. The Morgan fingerprint density at radius 1 is 1.12 bits per heavy atom. The van der Waals surface area contributed by atoms with Crippen LogP contribution < -0.4 is 5.69 Å². The Bertz CT molecular complexity index is 1190. The van der Waals surface area contributed by atoms with Gasteiger partial charge in [-0.15, -0.1) is 0 Å². The van der Waals surface area contributed by atoms with Crippen LogP contribution in [-0.4, -0.2) is 19.5 Å². The van der Waals surface area contributed by atoms with Crippen molar-refractivity contribution in [3.05, 3.63) is 69.0 Å². The van der Waals surface area contributed by atoms with Gasteiger partial charge in [-0.05, 0) is 22.8 Å². The van der Waals surface area contributed by atoms with Gasteiger partial charge in [-0.25, -0.2) is 9.78 Å². The molecule has 0 bridgehead atoms. The molecule has 4 rings (SSSR count). The summed E-state index contributed by atoms with van der Waals surface area (Å²) in [5.41, 5.74) is 2.31. The number of imidazole rings is 1. The number of fused-ring (bicyclic) bond motifs is 2. The van der Waals surface area contributed by atoms with Gasteiger partial charge >= 0.3 is 5.69 Å². The Morgan fingerprint density at radius 3 is 2.72 bits per heavy atom. The van der Waals surface area contributed by atoms with Crippen molar-refractivity contribution in [1.29, 1.82) is 0 Å². The Kier molecular flexibility index (Phi) is 3.97. The molecule has 0 radical (unpaired) electrons. The molecule has 0 fully saturated rings. The van der Waals surface area contributed by atoms with Crippen molar-refractivity contribution in [2.45, 2.75) is 26.3 Å². The van der Waals surface area contributed by atoms with Crippen LogP contribution in [0.1, 0.15) is 24.7 Å². The maximum Gasteiger partial charge on any atom is 0.328 e. The van der Waals surface area contributed by atoms with Gasteiger partial charge < -0.3 is 4.98 Å². The summed E-state index contributed by atoms with van der Waals surface area (Å²) in [6.45, 7) is 2.64. The van der Waals surface area contributed by atoms with Crippen molar-refractivity contribution in [2.24, 2.45) is 0 Å². The lowest BCUT2D eigenvalue weighted by Crippen LogP contribution is -2.23. The third-order valence-corrected chi connectivity index (χ3v) is 4.62. The van der Waals surface area contributed by atoms with E-state index in [0.717, 1.165) is 23.3 Å². The van der Waals surface area contributed by atoms with E-state index in [-0.39, 0.29) is 5.69 Å². The minimum Gasteiger partial charge on any atom is -0.338 e. The molecule has 5 nitrogen and oxygen atoms in total. The molecule has 0 amide bonds.